The molecule has 1 fully saturated rings. The lowest BCUT2D eigenvalue weighted by Crippen LogP contribution is -2.18. The Balaban J connectivity index is 1.83. The van der Waals surface area contributed by atoms with Gasteiger partial charge in [-0.1, -0.05) is 13.0 Å². The van der Waals surface area contributed by atoms with Crippen LogP contribution in [0, 0.1) is 0 Å². The number of hydrogen-bond acceptors (Lipinski definition) is 4. The quantitative estimate of drug-likeness (QED) is 0.841. The van der Waals surface area contributed by atoms with Crippen LogP contribution in [-0.4, -0.2) is 30.8 Å². The lowest BCUT2D eigenvalue weighted by atomic mass is 10.1. The Kier molecular flexibility index (Phi) is 4.96. The molecular weight excluding hydrogens is 228 g/mol. The van der Waals surface area contributed by atoms with Crippen LogP contribution in [0.4, 0.5) is 0 Å². The molecule has 1 aromatic rings. The number of nitrogens with one attached hydrogen (secondary N) is 1. The maximum absolute atomic E-state index is 5.63. The van der Waals surface area contributed by atoms with E-state index in [0.717, 1.165) is 26.0 Å². The van der Waals surface area contributed by atoms with Gasteiger partial charge in [0.2, 0.25) is 5.88 Å². The molecule has 18 heavy (non-hydrogen) atoms. The Morgan fingerprint density at radius 3 is 3.06 bits per heavy atom. The van der Waals surface area contributed by atoms with E-state index >= 15 is 0 Å². The van der Waals surface area contributed by atoms with Gasteiger partial charge in [-0.3, -0.25) is 0 Å². The van der Waals surface area contributed by atoms with E-state index in [9.17, 15) is 0 Å². The lowest BCUT2D eigenvalue weighted by Gasteiger charge is -2.14. The lowest BCUT2D eigenvalue weighted by molar-refractivity contribution is 0.0663. The molecule has 1 aliphatic rings. The van der Waals surface area contributed by atoms with Gasteiger partial charge in [-0.25, -0.2) is 4.98 Å². The topological polar surface area (TPSA) is 43.4 Å². The summed E-state index contributed by atoms with van der Waals surface area (Å²) < 4.78 is 11.1. The van der Waals surface area contributed by atoms with Crippen molar-refractivity contribution in [3.63, 3.8) is 0 Å². The van der Waals surface area contributed by atoms with Gasteiger partial charge in [-0.15, -0.1) is 0 Å². The number of nitrogens with zero attached hydrogens (tertiary/aromatic N) is 1. The standard InChI is InChI=1S/C14H22N2O2/c1-3-15-11(2)12-6-7-14(16-9-12)18-10-13-5-4-8-17-13/h6-7,9,11,13,15H,3-5,8,10H2,1-2H3. The minimum Gasteiger partial charge on any atom is -0.475 e. The SMILES string of the molecule is CCNC(C)c1ccc(OCC2CCCO2)nc1. The maximum atomic E-state index is 5.63. The van der Waals surface area contributed by atoms with Crippen molar-refractivity contribution in [1.82, 2.24) is 10.3 Å². The number of pyridine rings is 1. The van der Waals surface area contributed by atoms with Crippen LogP contribution in [-0.2, 0) is 4.74 Å². The zero-order chi connectivity index (χ0) is 12.8. The molecule has 2 atom stereocenters. The van der Waals surface area contributed by atoms with Crippen LogP contribution in [0.5, 0.6) is 5.88 Å². The molecule has 100 valence electrons. The average Bonchev–Trinajstić information content (AvgIpc) is 2.90. The molecule has 0 saturated carbocycles. The highest BCUT2D eigenvalue weighted by Gasteiger charge is 2.16. The van der Waals surface area contributed by atoms with E-state index in [-0.39, 0.29) is 6.10 Å². The Labute approximate surface area is 109 Å². The normalized spacial score (nSPS) is 20.9. The van der Waals surface area contributed by atoms with Gasteiger partial charge in [-0.2, -0.15) is 0 Å². The monoisotopic (exact) mass is 250 g/mol. The predicted molar refractivity (Wildman–Crippen MR) is 70.8 cm³/mol. The summed E-state index contributed by atoms with van der Waals surface area (Å²) in [6.45, 7) is 6.66. The van der Waals surface area contributed by atoms with Crippen LogP contribution >= 0.6 is 0 Å². The van der Waals surface area contributed by atoms with Gasteiger partial charge >= 0.3 is 0 Å². The Bertz CT molecular complexity index is 347. The molecule has 0 amide bonds. The molecule has 0 radical (unpaired) electrons. The van der Waals surface area contributed by atoms with E-state index in [0.29, 0.717) is 18.5 Å². The van der Waals surface area contributed by atoms with Crippen molar-refractivity contribution in [1.29, 1.82) is 0 Å². The Hall–Kier alpha value is -1.13. The molecule has 1 aliphatic heterocycles. The first-order chi connectivity index (χ1) is 8.79. The van der Waals surface area contributed by atoms with Crippen molar-refractivity contribution in [2.24, 2.45) is 0 Å². The average molecular weight is 250 g/mol. The summed E-state index contributed by atoms with van der Waals surface area (Å²) in [6.07, 6.45) is 4.35. The minimum atomic E-state index is 0.243. The molecular formula is C14H22N2O2. The maximum Gasteiger partial charge on any atom is 0.213 e. The van der Waals surface area contributed by atoms with Crippen LogP contribution in [0.15, 0.2) is 18.3 Å². The third-order valence-electron chi connectivity index (χ3n) is 3.21. The first-order valence-corrected chi connectivity index (χ1v) is 6.73. The van der Waals surface area contributed by atoms with E-state index in [2.05, 4.69) is 30.2 Å². The van der Waals surface area contributed by atoms with Crippen molar-refractivity contribution in [3.8, 4) is 5.88 Å². The van der Waals surface area contributed by atoms with E-state index < -0.39 is 0 Å². The number of rotatable bonds is 6. The van der Waals surface area contributed by atoms with Gasteiger partial charge in [0.25, 0.3) is 0 Å². The van der Waals surface area contributed by atoms with Gasteiger partial charge in [-0.05, 0) is 31.9 Å². The van der Waals surface area contributed by atoms with Crippen molar-refractivity contribution in [3.05, 3.63) is 23.9 Å². The van der Waals surface area contributed by atoms with E-state index in [1.807, 2.05) is 12.3 Å². The first-order valence-electron chi connectivity index (χ1n) is 6.73. The fourth-order valence-corrected chi connectivity index (χ4v) is 2.11. The second-order valence-corrected chi connectivity index (χ2v) is 4.66. The second kappa shape index (κ2) is 6.71. The Morgan fingerprint density at radius 1 is 1.56 bits per heavy atom. The van der Waals surface area contributed by atoms with Crippen LogP contribution in [0.3, 0.4) is 0 Å². The van der Waals surface area contributed by atoms with Gasteiger partial charge in [0.15, 0.2) is 0 Å². The van der Waals surface area contributed by atoms with Crippen molar-refractivity contribution in [2.75, 3.05) is 19.8 Å². The highest BCUT2D eigenvalue weighted by Crippen LogP contribution is 2.16. The fraction of sp³-hybridized carbons (Fsp3) is 0.643. The summed E-state index contributed by atoms with van der Waals surface area (Å²) in [5.41, 5.74) is 1.18. The molecule has 4 nitrogen and oxygen atoms in total. The van der Waals surface area contributed by atoms with Crippen LogP contribution in [0.1, 0.15) is 38.3 Å². The molecule has 1 saturated heterocycles. The molecule has 2 unspecified atom stereocenters. The largest absolute Gasteiger partial charge is 0.475 e. The van der Waals surface area contributed by atoms with E-state index in [1.165, 1.54) is 5.56 Å². The third kappa shape index (κ3) is 3.68. The zero-order valence-corrected chi connectivity index (χ0v) is 11.2. The first kappa shape index (κ1) is 13.3. The molecule has 0 aliphatic carbocycles. The van der Waals surface area contributed by atoms with Crippen molar-refractivity contribution >= 4 is 0 Å². The van der Waals surface area contributed by atoms with Crippen molar-refractivity contribution < 1.29 is 9.47 Å². The third-order valence-corrected chi connectivity index (χ3v) is 3.21. The molecule has 4 heteroatoms. The summed E-state index contributed by atoms with van der Waals surface area (Å²) in [5, 5.41) is 3.36. The molecule has 1 aromatic heterocycles. The molecule has 0 spiro atoms. The molecule has 2 heterocycles. The van der Waals surface area contributed by atoms with Crippen LogP contribution < -0.4 is 10.1 Å². The van der Waals surface area contributed by atoms with Crippen LogP contribution in [0.25, 0.3) is 0 Å². The minimum absolute atomic E-state index is 0.243. The molecule has 0 aromatic carbocycles. The number of aromatic nitrogens is 1. The van der Waals surface area contributed by atoms with Gasteiger partial charge < -0.3 is 14.8 Å². The summed E-state index contributed by atoms with van der Waals surface area (Å²) >= 11 is 0. The number of hydrogen-bond donors (Lipinski definition) is 1. The summed E-state index contributed by atoms with van der Waals surface area (Å²) in [4.78, 5) is 4.33. The smallest absolute Gasteiger partial charge is 0.213 e. The predicted octanol–water partition coefficient (Wildman–Crippen LogP) is 2.31. The van der Waals surface area contributed by atoms with E-state index in [4.69, 9.17) is 9.47 Å². The van der Waals surface area contributed by atoms with Gasteiger partial charge in [0, 0.05) is 24.9 Å². The molecule has 0 bridgehead atoms. The van der Waals surface area contributed by atoms with Crippen molar-refractivity contribution in [2.45, 2.75) is 38.8 Å². The summed E-state index contributed by atoms with van der Waals surface area (Å²) in [7, 11) is 0. The van der Waals surface area contributed by atoms with Crippen LogP contribution in [0.2, 0.25) is 0 Å². The number of ether oxygens (including phenoxy) is 2. The summed E-state index contributed by atoms with van der Waals surface area (Å²) in [6, 6.07) is 4.32. The highest BCUT2D eigenvalue weighted by molar-refractivity contribution is 5.20. The fourth-order valence-electron chi connectivity index (χ4n) is 2.11. The molecule has 2 rings (SSSR count). The highest BCUT2D eigenvalue weighted by atomic mass is 16.5. The zero-order valence-electron chi connectivity index (χ0n) is 11.2. The molecule has 1 N–H and O–H groups in total. The van der Waals surface area contributed by atoms with E-state index in [1.54, 1.807) is 0 Å². The van der Waals surface area contributed by atoms with Gasteiger partial charge in [0.05, 0.1) is 6.10 Å². The van der Waals surface area contributed by atoms with Gasteiger partial charge in [0.1, 0.15) is 6.61 Å². The second-order valence-electron chi connectivity index (χ2n) is 4.66. The summed E-state index contributed by atoms with van der Waals surface area (Å²) in [5.74, 6) is 0.679. The Morgan fingerprint density at radius 2 is 2.44 bits per heavy atom.